The van der Waals surface area contributed by atoms with Crippen molar-refractivity contribution >= 4 is 43.5 Å². The molecular formula is C44H28O. The zero-order valence-electron chi connectivity index (χ0n) is 49.5. The van der Waals surface area contributed by atoms with Gasteiger partial charge in [-0.15, -0.1) is 0 Å². The Morgan fingerprint density at radius 3 is 1.36 bits per heavy atom. The van der Waals surface area contributed by atoms with E-state index in [2.05, 4.69) is 0 Å². The third-order valence-corrected chi connectivity index (χ3v) is 7.10. The smallest absolute Gasteiger partial charge is 0.136 e. The number of rotatable bonds is 4. The maximum absolute atomic E-state index is 9.67. The minimum atomic E-state index is -1.04. The summed E-state index contributed by atoms with van der Waals surface area (Å²) in [5, 5.41) is -3.64. The molecule has 0 unspecified atom stereocenters. The van der Waals surface area contributed by atoms with Gasteiger partial charge >= 0.3 is 0 Å². The Balaban J connectivity index is 1.52. The first-order valence-electron chi connectivity index (χ1n) is 26.7. The van der Waals surface area contributed by atoms with E-state index in [0.29, 0.717) is 0 Å². The normalized spacial score (nSPS) is 20.0. The molecule has 1 nitrogen and oxygen atoms in total. The largest absolute Gasteiger partial charge is 0.456 e. The number of hydrogen-bond donors (Lipinski definition) is 0. The molecule has 8 aromatic carbocycles. The predicted molar refractivity (Wildman–Crippen MR) is 190 cm³/mol. The van der Waals surface area contributed by atoms with Crippen LogP contribution in [0.15, 0.2) is 174 Å². The van der Waals surface area contributed by atoms with Crippen LogP contribution in [0.2, 0.25) is 0 Å². The van der Waals surface area contributed by atoms with Crippen LogP contribution in [-0.4, -0.2) is 0 Å². The van der Waals surface area contributed by atoms with Gasteiger partial charge in [0.05, 0.1) is 37.0 Å². The number of fused-ring (bicyclic) bond motifs is 5. The second-order valence-electron chi connectivity index (χ2n) is 9.60. The van der Waals surface area contributed by atoms with Crippen molar-refractivity contribution in [3.63, 3.8) is 0 Å². The van der Waals surface area contributed by atoms with E-state index >= 15 is 0 Å². The van der Waals surface area contributed by atoms with Gasteiger partial charge in [0.15, 0.2) is 0 Å². The third-order valence-electron chi connectivity index (χ3n) is 7.10. The Morgan fingerprint density at radius 1 is 0.311 bits per heavy atom. The minimum Gasteiger partial charge on any atom is -0.456 e. The van der Waals surface area contributed by atoms with Crippen molar-refractivity contribution in [2.24, 2.45) is 0 Å². The average Bonchev–Trinajstić information content (AvgIpc) is 3.74. The summed E-state index contributed by atoms with van der Waals surface area (Å²) in [7, 11) is 0. The van der Waals surface area contributed by atoms with Crippen molar-refractivity contribution in [2.45, 2.75) is 0 Å². The summed E-state index contributed by atoms with van der Waals surface area (Å²) >= 11 is 0. The molecule has 0 spiro atoms. The van der Waals surface area contributed by atoms with Gasteiger partial charge in [0.2, 0.25) is 0 Å². The van der Waals surface area contributed by atoms with Gasteiger partial charge in [0.25, 0.3) is 0 Å². The molecule has 0 radical (unpaired) electrons. The van der Waals surface area contributed by atoms with Crippen LogP contribution < -0.4 is 0 Å². The van der Waals surface area contributed by atoms with Crippen molar-refractivity contribution in [1.29, 1.82) is 0 Å². The van der Waals surface area contributed by atoms with Crippen LogP contribution in [-0.2, 0) is 0 Å². The molecule has 1 aromatic heterocycles. The molecule has 1 heteroatoms. The molecule has 45 heavy (non-hydrogen) atoms. The van der Waals surface area contributed by atoms with Crippen LogP contribution in [0.5, 0.6) is 0 Å². The molecule has 0 amide bonds. The summed E-state index contributed by atoms with van der Waals surface area (Å²) in [5.74, 6) is 0. The highest BCUT2D eigenvalue weighted by molar-refractivity contribution is 6.22. The number of benzene rings is 8. The molecule has 0 aliphatic carbocycles. The fourth-order valence-corrected chi connectivity index (χ4v) is 5.19. The highest BCUT2D eigenvalue weighted by atomic mass is 16.3. The van der Waals surface area contributed by atoms with Crippen LogP contribution in [0.4, 0.5) is 0 Å². The molecule has 0 saturated carbocycles. The third kappa shape index (κ3) is 4.24. The lowest BCUT2D eigenvalue weighted by molar-refractivity contribution is 0.669. The van der Waals surface area contributed by atoms with E-state index < -0.39 is 235 Å². The molecule has 1 heterocycles. The molecule has 0 N–H and O–H groups in total. The lowest BCUT2D eigenvalue weighted by Crippen LogP contribution is -1.91. The Kier molecular flexibility index (Phi) is 2.38. The standard InChI is InChI=1S/C44H28O/c1-3-12-29(13-4-1)31-16-11-17-33(26-31)43-37-18-7-9-20-39(37)44(40-21-10-8-19-38(40)43)34-23-25-36-35-24-22-32(30-14-5-2-6-15-30)27-41(35)45-42(36)28-34/h1-28H/i1D,2D,3D,4D,5D,6D,7D,8D,9D,10D,11D,12D,13D,14D,15D,16D,17D,18D,19D,20D,21D,22D,23D,24D,25D,26D,28D. The highest BCUT2D eigenvalue weighted by Crippen LogP contribution is 2.45. The van der Waals surface area contributed by atoms with Crippen LogP contribution in [0, 0.1) is 0 Å². The maximum Gasteiger partial charge on any atom is 0.136 e. The Hall–Kier alpha value is -5.92. The molecule has 0 atom stereocenters. The van der Waals surface area contributed by atoms with Crippen molar-refractivity contribution in [3.8, 4) is 44.5 Å². The van der Waals surface area contributed by atoms with Gasteiger partial charge < -0.3 is 4.42 Å². The molecule has 0 aliphatic heterocycles. The lowest BCUT2D eigenvalue weighted by Gasteiger charge is -2.18. The first-order chi connectivity index (χ1) is 33.6. The van der Waals surface area contributed by atoms with E-state index in [0.717, 1.165) is 6.07 Å². The zero-order valence-corrected chi connectivity index (χ0v) is 22.5. The van der Waals surface area contributed by atoms with Gasteiger partial charge in [0, 0.05) is 10.8 Å². The lowest BCUT2D eigenvalue weighted by atomic mass is 9.85. The van der Waals surface area contributed by atoms with Crippen LogP contribution in [0.25, 0.3) is 88.0 Å². The van der Waals surface area contributed by atoms with Crippen LogP contribution in [0.3, 0.4) is 0 Å². The quantitative estimate of drug-likeness (QED) is 0.183. The van der Waals surface area contributed by atoms with Gasteiger partial charge in [-0.05, 0) is 96.3 Å². The van der Waals surface area contributed by atoms with Gasteiger partial charge in [-0.2, -0.15) is 0 Å². The second-order valence-corrected chi connectivity index (χ2v) is 9.60. The summed E-state index contributed by atoms with van der Waals surface area (Å²) in [6.07, 6.45) is 0. The van der Waals surface area contributed by atoms with E-state index in [1.54, 1.807) is 0 Å². The summed E-state index contributed by atoms with van der Waals surface area (Å²) in [6.45, 7) is 0. The summed E-state index contributed by atoms with van der Waals surface area (Å²) in [4.78, 5) is 0. The van der Waals surface area contributed by atoms with Gasteiger partial charge in [0.1, 0.15) is 11.2 Å². The summed E-state index contributed by atoms with van der Waals surface area (Å²) < 4.78 is 245. The predicted octanol–water partition coefficient (Wildman–Crippen LogP) is 12.6. The molecule has 0 saturated heterocycles. The highest BCUT2D eigenvalue weighted by Gasteiger charge is 2.18. The molecule has 0 bridgehead atoms. The average molecular weight is 600 g/mol. The molecular weight excluding hydrogens is 544 g/mol. The van der Waals surface area contributed by atoms with E-state index in [1.807, 2.05) is 0 Å². The van der Waals surface area contributed by atoms with Crippen molar-refractivity contribution < 1.29 is 41.4 Å². The Bertz CT molecular complexity index is 3920. The molecule has 210 valence electrons. The van der Waals surface area contributed by atoms with Crippen LogP contribution in [0.1, 0.15) is 37.0 Å². The van der Waals surface area contributed by atoms with Crippen molar-refractivity contribution in [1.82, 2.24) is 0 Å². The summed E-state index contributed by atoms with van der Waals surface area (Å²) in [6, 6.07) is -23.2. The SMILES string of the molecule is [2H]c1c([2H])c([2H])c(-c2cc3oc4c([2H])c(-c5c6c([2H])c([2H])c([2H])c([2H])c6c(-c6c([2H])c([2H])c([2H])c(-c7c([2H])c([2H])c([2H])c([2H])c7[2H])c6[2H])c6c([2H])c([2H])c([2H])c([2H])c56)c([2H])c([2H])c4c3c([2H])c2[2H])c([2H])c1[2H]. The van der Waals surface area contributed by atoms with Crippen LogP contribution >= 0.6 is 0 Å². The molecule has 9 rings (SSSR count). The monoisotopic (exact) mass is 599 g/mol. The zero-order chi connectivity index (χ0) is 53.2. The van der Waals surface area contributed by atoms with E-state index in [-0.39, 0.29) is 16.5 Å². The Labute approximate surface area is 299 Å². The van der Waals surface area contributed by atoms with E-state index in [1.165, 1.54) is 0 Å². The first-order valence-corrected chi connectivity index (χ1v) is 13.2. The maximum atomic E-state index is 9.67. The number of hydrogen-bond acceptors (Lipinski definition) is 1. The topological polar surface area (TPSA) is 13.1 Å². The Morgan fingerprint density at radius 2 is 0.756 bits per heavy atom. The van der Waals surface area contributed by atoms with Gasteiger partial charge in [-0.1, -0.05) is 139 Å². The van der Waals surface area contributed by atoms with Crippen molar-refractivity contribution in [3.05, 3.63) is 169 Å². The van der Waals surface area contributed by atoms with Crippen molar-refractivity contribution in [2.75, 3.05) is 0 Å². The molecule has 9 aromatic rings. The fourth-order valence-electron chi connectivity index (χ4n) is 5.19. The fraction of sp³-hybridized carbons (Fsp3) is 0. The molecule has 0 fully saturated rings. The van der Waals surface area contributed by atoms with Gasteiger partial charge in [-0.25, -0.2) is 0 Å². The van der Waals surface area contributed by atoms with E-state index in [4.69, 9.17) is 29.1 Å². The summed E-state index contributed by atoms with van der Waals surface area (Å²) in [5.41, 5.74) is -6.43. The van der Waals surface area contributed by atoms with Gasteiger partial charge in [-0.3, -0.25) is 0 Å². The first kappa shape index (κ1) is 10.3. The second kappa shape index (κ2) is 10.4. The molecule has 0 aliphatic rings. The van der Waals surface area contributed by atoms with E-state index in [9.17, 15) is 12.3 Å². The minimum absolute atomic E-state index is 0.330. The number of furan rings is 1.